The zero-order valence-electron chi connectivity index (χ0n) is 31.5. The number of nitrogens with zero attached hydrogens (tertiary/aromatic N) is 1. The van der Waals surface area contributed by atoms with Crippen LogP contribution in [0.1, 0.15) is 25.0 Å². The minimum absolute atomic E-state index is 0.180. The number of anilines is 3. The standard InChI is InChI=1S/C55H39N/c1-55(2)51-33-30-42(35-50(51)54-43(38-16-7-4-8-17-38)31-26-39-18-13-23-52(55)53(39)54)56(40-27-24-37(25-28-40)36-14-5-3-6-15-36)41-29-32-48-46-21-10-9-19-44(46)45-20-11-12-22-47(45)49(48)34-41/h3-35H,1-2H3. The molecular weight excluding hydrogens is 675 g/mol. The number of benzene rings is 10. The zero-order chi connectivity index (χ0) is 37.4. The van der Waals surface area contributed by atoms with Gasteiger partial charge in [0, 0.05) is 22.5 Å². The van der Waals surface area contributed by atoms with Gasteiger partial charge in [-0.2, -0.15) is 0 Å². The molecule has 0 radical (unpaired) electrons. The van der Waals surface area contributed by atoms with Gasteiger partial charge in [0.15, 0.2) is 0 Å². The summed E-state index contributed by atoms with van der Waals surface area (Å²) < 4.78 is 0. The number of rotatable bonds is 5. The molecule has 0 saturated carbocycles. The van der Waals surface area contributed by atoms with Crippen LogP contribution >= 0.6 is 0 Å². The summed E-state index contributed by atoms with van der Waals surface area (Å²) in [6.07, 6.45) is 0. The van der Waals surface area contributed by atoms with E-state index in [1.165, 1.54) is 87.6 Å². The molecule has 10 aromatic carbocycles. The second-order valence-electron chi connectivity index (χ2n) is 15.7. The van der Waals surface area contributed by atoms with E-state index in [9.17, 15) is 0 Å². The molecule has 0 fully saturated rings. The minimum Gasteiger partial charge on any atom is -0.310 e. The van der Waals surface area contributed by atoms with E-state index in [1.54, 1.807) is 0 Å². The maximum absolute atomic E-state index is 2.46. The van der Waals surface area contributed by atoms with E-state index < -0.39 is 0 Å². The van der Waals surface area contributed by atoms with E-state index in [1.807, 2.05) is 0 Å². The highest BCUT2D eigenvalue weighted by atomic mass is 15.1. The molecule has 0 aliphatic heterocycles. The second-order valence-corrected chi connectivity index (χ2v) is 15.7. The average molecular weight is 714 g/mol. The van der Waals surface area contributed by atoms with Crippen molar-refractivity contribution in [2.24, 2.45) is 0 Å². The Bertz CT molecular complexity index is 3100. The van der Waals surface area contributed by atoms with Gasteiger partial charge in [0.2, 0.25) is 0 Å². The molecule has 0 aromatic heterocycles. The molecule has 56 heavy (non-hydrogen) atoms. The van der Waals surface area contributed by atoms with Crippen molar-refractivity contribution in [3.8, 4) is 33.4 Å². The van der Waals surface area contributed by atoms with Crippen LogP contribution in [0, 0.1) is 0 Å². The molecule has 1 nitrogen and oxygen atoms in total. The first-order valence-electron chi connectivity index (χ1n) is 19.6. The average Bonchev–Trinajstić information content (AvgIpc) is 3.26. The fourth-order valence-corrected chi connectivity index (χ4v) is 9.52. The first kappa shape index (κ1) is 32.5. The van der Waals surface area contributed by atoms with E-state index >= 15 is 0 Å². The molecular formula is C55H39N. The maximum Gasteiger partial charge on any atom is 0.0468 e. The van der Waals surface area contributed by atoms with Crippen molar-refractivity contribution < 1.29 is 0 Å². The quantitative estimate of drug-likeness (QED) is 0.161. The molecule has 0 saturated heterocycles. The third kappa shape index (κ3) is 4.94. The Balaban J connectivity index is 1.18. The fraction of sp³-hybridized carbons (Fsp3) is 0.0545. The Labute approximate surface area is 327 Å². The Kier molecular flexibility index (Phi) is 7.28. The highest BCUT2D eigenvalue weighted by Gasteiger charge is 2.35. The van der Waals surface area contributed by atoms with Crippen molar-refractivity contribution in [3.05, 3.63) is 211 Å². The number of hydrogen-bond donors (Lipinski definition) is 0. The van der Waals surface area contributed by atoms with Gasteiger partial charge in [-0.1, -0.05) is 178 Å². The van der Waals surface area contributed by atoms with Crippen LogP contribution in [-0.2, 0) is 5.41 Å². The van der Waals surface area contributed by atoms with Crippen molar-refractivity contribution in [1.82, 2.24) is 0 Å². The molecule has 0 N–H and O–H groups in total. The van der Waals surface area contributed by atoms with Gasteiger partial charge in [0.1, 0.15) is 0 Å². The van der Waals surface area contributed by atoms with E-state index in [-0.39, 0.29) is 5.41 Å². The molecule has 0 spiro atoms. The summed E-state index contributed by atoms with van der Waals surface area (Å²) in [5.74, 6) is 0. The zero-order valence-corrected chi connectivity index (χ0v) is 31.5. The first-order chi connectivity index (χ1) is 27.5. The summed E-state index contributed by atoms with van der Waals surface area (Å²) in [7, 11) is 0. The molecule has 0 amide bonds. The molecule has 11 rings (SSSR count). The van der Waals surface area contributed by atoms with Gasteiger partial charge >= 0.3 is 0 Å². The van der Waals surface area contributed by atoms with Crippen molar-refractivity contribution in [2.45, 2.75) is 19.3 Å². The van der Waals surface area contributed by atoms with Crippen LogP contribution < -0.4 is 4.90 Å². The third-order valence-corrected chi connectivity index (χ3v) is 12.2. The van der Waals surface area contributed by atoms with E-state index in [0.717, 1.165) is 17.1 Å². The largest absolute Gasteiger partial charge is 0.310 e. The maximum atomic E-state index is 2.46. The smallest absolute Gasteiger partial charge is 0.0468 e. The van der Waals surface area contributed by atoms with Gasteiger partial charge < -0.3 is 4.90 Å². The van der Waals surface area contributed by atoms with Crippen molar-refractivity contribution >= 4 is 60.2 Å². The summed E-state index contributed by atoms with van der Waals surface area (Å²) in [6, 6.07) is 74.0. The SMILES string of the molecule is CC1(C)c2ccc(N(c3ccc(-c4ccccc4)cc3)c3ccc4c5ccccc5c5ccccc5c4c3)cc2-c2c(-c3ccccc3)ccc3cccc1c23. The van der Waals surface area contributed by atoms with Crippen LogP contribution in [0.5, 0.6) is 0 Å². The Morgan fingerprint density at radius 2 is 0.875 bits per heavy atom. The van der Waals surface area contributed by atoms with E-state index in [4.69, 9.17) is 0 Å². The van der Waals surface area contributed by atoms with Gasteiger partial charge in [-0.15, -0.1) is 0 Å². The van der Waals surface area contributed by atoms with Crippen LogP contribution in [0.2, 0.25) is 0 Å². The van der Waals surface area contributed by atoms with Gasteiger partial charge in [0.05, 0.1) is 0 Å². The second kappa shape index (κ2) is 12.5. The molecule has 1 heteroatoms. The van der Waals surface area contributed by atoms with E-state index in [0.29, 0.717) is 0 Å². The van der Waals surface area contributed by atoms with Gasteiger partial charge in [0.25, 0.3) is 0 Å². The lowest BCUT2D eigenvalue weighted by Gasteiger charge is -2.37. The van der Waals surface area contributed by atoms with Crippen LogP contribution in [-0.4, -0.2) is 0 Å². The lowest BCUT2D eigenvalue weighted by Crippen LogP contribution is -2.24. The highest BCUT2D eigenvalue weighted by Crippen LogP contribution is 2.53. The molecule has 0 bridgehead atoms. The van der Waals surface area contributed by atoms with Crippen LogP contribution in [0.25, 0.3) is 76.5 Å². The van der Waals surface area contributed by atoms with Crippen molar-refractivity contribution in [2.75, 3.05) is 4.90 Å². The lowest BCUT2D eigenvalue weighted by molar-refractivity contribution is 0.645. The molecule has 0 unspecified atom stereocenters. The monoisotopic (exact) mass is 713 g/mol. The molecule has 0 heterocycles. The topological polar surface area (TPSA) is 3.24 Å². The van der Waals surface area contributed by atoms with E-state index in [2.05, 4.69) is 219 Å². The van der Waals surface area contributed by atoms with Crippen LogP contribution in [0.4, 0.5) is 17.1 Å². The first-order valence-corrected chi connectivity index (χ1v) is 19.6. The number of fused-ring (bicyclic) bond motifs is 8. The van der Waals surface area contributed by atoms with Crippen molar-refractivity contribution in [1.29, 1.82) is 0 Å². The molecule has 264 valence electrons. The van der Waals surface area contributed by atoms with Gasteiger partial charge in [-0.3, -0.25) is 0 Å². The van der Waals surface area contributed by atoms with Crippen LogP contribution in [0.15, 0.2) is 200 Å². The normalized spacial score (nSPS) is 13.0. The third-order valence-electron chi connectivity index (χ3n) is 12.2. The van der Waals surface area contributed by atoms with Gasteiger partial charge in [-0.05, 0) is 124 Å². The summed E-state index contributed by atoms with van der Waals surface area (Å²) in [6.45, 7) is 4.77. The summed E-state index contributed by atoms with van der Waals surface area (Å²) in [5.41, 5.74) is 13.4. The fourth-order valence-electron chi connectivity index (χ4n) is 9.52. The molecule has 1 aliphatic carbocycles. The lowest BCUT2D eigenvalue weighted by atomic mass is 9.67. The minimum atomic E-state index is -0.180. The number of hydrogen-bond acceptors (Lipinski definition) is 1. The summed E-state index contributed by atoms with van der Waals surface area (Å²) in [4.78, 5) is 2.45. The molecule has 0 atom stereocenters. The summed E-state index contributed by atoms with van der Waals surface area (Å²) >= 11 is 0. The Morgan fingerprint density at radius 3 is 1.55 bits per heavy atom. The Morgan fingerprint density at radius 1 is 0.339 bits per heavy atom. The Hall–Kier alpha value is -6.96. The predicted octanol–water partition coefficient (Wildman–Crippen LogP) is 15.4. The highest BCUT2D eigenvalue weighted by molar-refractivity contribution is 6.26. The summed E-state index contributed by atoms with van der Waals surface area (Å²) in [5, 5.41) is 10.3. The van der Waals surface area contributed by atoms with Crippen LogP contribution in [0.3, 0.4) is 0 Å². The van der Waals surface area contributed by atoms with Crippen molar-refractivity contribution in [3.63, 3.8) is 0 Å². The predicted molar refractivity (Wildman–Crippen MR) is 240 cm³/mol. The molecule has 10 aromatic rings. The van der Waals surface area contributed by atoms with Gasteiger partial charge in [-0.25, -0.2) is 0 Å². The molecule has 1 aliphatic rings.